The Morgan fingerprint density at radius 3 is 2.92 bits per heavy atom. The van der Waals surface area contributed by atoms with Crippen molar-refractivity contribution in [1.82, 2.24) is 20.8 Å². The molecule has 1 aromatic carbocycles. The molecule has 0 aliphatic carbocycles. The average Bonchev–Trinajstić information content (AvgIpc) is 3.32. The molecule has 0 unspecified atom stereocenters. The van der Waals surface area contributed by atoms with Gasteiger partial charge in [-0.3, -0.25) is 5.10 Å². The first kappa shape index (κ1) is 16.8. The van der Waals surface area contributed by atoms with Crippen LogP contribution in [0.2, 0.25) is 0 Å². The maximum absolute atomic E-state index is 12.0. The lowest BCUT2D eigenvalue weighted by Crippen LogP contribution is -2.40. The Labute approximate surface area is 145 Å². The van der Waals surface area contributed by atoms with E-state index in [1.807, 2.05) is 31.2 Å². The molecule has 3 N–H and O–H groups in total. The lowest BCUT2D eigenvalue weighted by atomic mass is 10.0. The van der Waals surface area contributed by atoms with Gasteiger partial charge in [-0.1, -0.05) is 5.16 Å². The van der Waals surface area contributed by atoms with Crippen molar-refractivity contribution in [3.05, 3.63) is 47.8 Å². The lowest BCUT2D eigenvalue weighted by Gasteiger charge is -2.14. The van der Waals surface area contributed by atoms with Gasteiger partial charge in [0.05, 0.1) is 31.6 Å². The summed E-state index contributed by atoms with van der Waals surface area (Å²) < 4.78 is 5.14. The first-order valence-electron chi connectivity index (χ1n) is 8.06. The van der Waals surface area contributed by atoms with Gasteiger partial charge in [-0.05, 0) is 36.8 Å². The SMILES string of the molecule is COc1ccc(C2=NO[C@@H](CNC(=O)N[C@@H](C)c3cn[nH]c3)C2)cc1. The molecule has 1 aliphatic heterocycles. The summed E-state index contributed by atoms with van der Waals surface area (Å²) in [7, 11) is 1.63. The van der Waals surface area contributed by atoms with Crippen molar-refractivity contribution in [1.29, 1.82) is 0 Å². The molecule has 2 heterocycles. The van der Waals surface area contributed by atoms with E-state index in [-0.39, 0.29) is 18.2 Å². The molecule has 1 aromatic heterocycles. The Morgan fingerprint density at radius 2 is 2.24 bits per heavy atom. The van der Waals surface area contributed by atoms with Crippen molar-refractivity contribution in [2.75, 3.05) is 13.7 Å². The molecule has 8 heteroatoms. The van der Waals surface area contributed by atoms with Gasteiger partial charge in [-0.25, -0.2) is 4.79 Å². The molecule has 132 valence electrons. The third-order valence-electron chi connectivity index (χ3n) is 4.01. The highest BCUT2D eigenvalue weighted by atomic mass is 16.6. The van der Waals surface area contributed by atoms with E-state index in [0.717, 1.165) is 22.6 Å². The second-order valence-electron chi connectivity index (χ2n) is 5.81. The number of nitrogens with one attached hydrogen (secondary N) is 3. The highest BCUT2D eigenvalue weighted by molar-refractivity contribution is 6.01. The summed E-state index contributed by atoms with van der Waals surface area (Å²) in [6.45, 7) is 2.27. The number of rotatable bonds is 6. The molecule has 0 spiro atoms. The molecule has 8 nitrogen and oxygen atoms in total. The third kappa shape index (κ3) is 4.28. The van der Waals surface area contributed by atoms with Gasteiger partial charge in [0.15, 0.2) is 6.10 Å². The summed E-state index contributed by atoms with van der Waals surface area (Å²) >= 11 is 0. The van der Waals surface area contributed by atoms with E-state index < -0.39 is 0 Å². The van der Waals surface area contributed by atoms with Crippen molar-refractivity contribution in [3.63, 3.8) is 0 Å². The Bertz CT molecular complexity index is 727. The summed E-state index contributed by atoms with van der Waals surface area (Å²) in [6, 6.07) is 7.26. The van der Waals surface area contributed by atoms with Gasteiger partial charge in [0.1, 0.15) is 5.75 Å². The van der Waals surface area contributed by atoms with Crippen LogP contribution in [-0.2, 0) is 4.84 Å². The van der Waals surface area contributed by atoms with Crippen LogP contribution in [0.4, 0.5) is 4.79 Å². The fourth-order valence-corrected chi connectivity index (χ4v) is 2.53. The van der Waals surface area contributed by atoms with Gasteiger partial charge >= 0.3 is 6.03 Å². The number of carbonyl (C=O) groups is 1. The molecule has 0 fully saturated rings. The topological polar surface area (TPSA) is 101 Å². The predicted molar refractivity (Wildman–Crippen MR) is 92.6 cm³/mol. The number of H-pyrrole nitrogens is 1. The van der Waals surface area contributed by atoms with Crippen molar-refractivity contribution in [2.45, 2.75) is 25.5 Å². The Hall–Kier alpha value is -3.03. The number of benzene rings is 1. The number of aromatic amines is 1. The molecule has 2 atom stereocenters. The average molecular weight is 343 g/mol. The second-order valence-corrected chi connectivity index (χ2v) is 5.81. The predicted octanol–water partition coefficient (Wildman–Crippen LogP) is 1.97. The zero-order chi connectivity index (χ0) is 17.6. The quantitative estimate of drug-likeness (QED) is 0.746. The normalized spacial score (nSPS) is 17.4. The zero-order valence-electron chi connectivity index (χ0n) is 14.2. The standard InChI is InChI=1S/C17H21N5O3/c1-11(13-8-19-20-9-13)21-17(23)18-10-15-7-16(22-25-15)12-3-5-14(24-2)6-4-12/h3-6,8-9,11,15H,7,10H2,1-2H3,(H,19,20)(H2,18,21,23)/t11-,15+/m0/s1. The highest BCUT2D eigenvalue weighted by Crippen LogP contribution is 2.19. The van der Waals surface area contributed by atoms with Crippen molar-refractivity contribution >= 4 is 11.7 Å². The molecule has 0 bridgehead atoms. The number of hydrogen-bond donors (Lipinski definition) is 3. The van der Waals surface area contributed by atoms with E-state index in [2.05, 4.69) is 26.0 Å². The smallest absolute Gasteiger partial charge is 0.315 e. The minimum absolute atomic E-state index is 0.130. The molecule has 25 heavy (non-hydrogen) atoms. The van der Waals surface area contributed by atoms with Crippen LogP contribution in [-0.4, -0.2) is 41.7 Å². The van der Waals surface area contributed by atoms with Crippen LogP contribution in [0, 0.1) is 0 Å². The van der Waals surface area contributed by atoms with Gasteiger partial charge in [0.25, 0.3) is 0 Å². The van der Waals surface area contributed by atoms with E-state index >= 15 is 0 Å². The van der Waals surface area contributed by atoms with Crippen molar-refractivity contribution < 1.29 is 14.4 Å². The van der Waals surface area contributed by atoms with Crippen molar-refractivity contribution in [2.24, 2.45) is 5.16 Å². The lowest BCUT2D eigenvalue weighted by molar-refractivity contribution is 0.0864. The Kier molecular flexibility index (Phi) is 5.17. The fourth-order valence-electron chi connectivity index (χ4n) is 2.53. The van der Waals surface area contributed by atoms with E-state index in [1.165, 1.54) is 0 Å². The number of ether oxygens (including phenoxy) is 1. The van der Waals surface area contributed by atoms with Crippen LogP contribution in [0.15, 0.2) is 41.8 Å². The molecule has 2 aromatic rings. The van der Waals surface area contributed by atoms with Crippen LogP contribution >= 0.6 is 0 Å². The van der Waals surface area contributed by atoms with Crippen LogP contribution in [0.25, 0.3) is 0 Å². The maximum atomic E-state index is 12.0. The molecular weight excluding hydrogens is 322 g/mol. The van der Waals surface area contributed by atoms with Crippen LogP contribution in [0.5, 0.6) is 5.75 Å². The number of carbonyl (C=O) groups excluding carboxylic acids is 1. The summed E-state index contributed by atoms with van der Waals surface area (Å²) in [5.41, 5.74) is 2.76. The molecule has 3 rings (SSSR count). The molecule has 0 saturated carbocycles. The number of nitrogens with zero attached hydrogens (tertiary/aromatic N) is 2. The molecule has 0 radical (unpaired) electrons. The summed E-state index contributed by atoms with van der Waals surface area (Å²) in [4.78, 5) is 17.4. The van der Waals surface area contributed by atoms with E-state index in [0.29, 0.717) is 13.0 Å². The highest BCUT2D eigenvalue weighted by Gasteiger charge is 2.23. The number of urea groups is 1. The monoisotopic (exact) mass is 343 g/mol. The van der Waals surface area contributed by atoms with Crippen LogP contribution < -0.4 is 15.4 Å². The van der Waals surface area contributed by atoms with Gasteiger partial charge in [-0.2, -0.15) is 5.10 Å². The summed E-state index contributed by atoms with van der Waals surface area (Å²) in [5, 5.41) is 16.4. The van der Waals surface area contributed by atoms with Crippen LogP contribution in [0.1, 0.15) is 30.5 Å². The van der Waals surface area contributed by atoms with Crippen LogP contribution in [0.3, 0.4) is 0 Å². The first-order chi connectivity index (χ1) is 12.2. The minimum Gasteiger partial charge on any atom is -0.497 e. The van der Waals surface area contributed by atoms with E-state index in [4.69, 9.17) is 9.57 Å². The maximum Gasteiger partial charge on any atom is 0.315 e. The fraction of sp³-hybridized carbons (Fsp3) is 0.353. The summed E-state index contributed by atoms with van der Waals surface area (Å²) in [6.07, 6.45) is 3.90. The van der Waals surface area contributed by atoms with Gasteiger partial charge in [0, 0.05) is 18.2 Å². The Balaban J connectivity index is 1.43. The molecular formula is C17H21N5O3. The summed E-state index contributed by atoms with van der Waals surface area (Å²) in [5.74, 6) is 0.796. The van der Waals surface area contributed by atoms with E-state index in [1.54, 1.807) is 19.5 Å². The molecule has 2 amide bonds. The second kappa shape index (κ2) is 7.69. The Morgan fingerprint density at radius 1 is 1.44 bits per heavy atom. The largest absolute Gasteiger partial charge is 0.497 e. The molecule has 1 aliphatic rings. The van der Waals surface area contributed by atoms with Crippen molar-refractivity contribution in [3.8, 4) is 5.75 Å². The number of oxime groups is 1. The van der Waals surface area contributed by atoms with Gasteiger partial charge < -0.3 is 20.2 Å². The minimum atomic E-state index is -0.254. The molecule has 0 saturated heterocycles. The first-order valence-corrected chi connectivity index (χ1v) is 8.06. The third-order valence-corrected chi connectivity index (χ3v) is 4.01. The number of amides is 2. The number of methoxy groups -OCH3 is 1. The zero-order valence-corrected chi connectivity index (χ0v) is 14.2. The number of aromatic nitrogens is 2. The van der Waals surface area contributed by atoms with Gasteiger partial charge in [0.2, 0.25) is 0 Å². The number of hydrogen-bond acceptors (Lipinski definition) is 5. The van der Waals surface area contributed by atoms with Gasteiger partial charge in [-0.15, -0.1) is 0 Å². The van der Waals surface area contributed by atoms with E-state index in [9.17, 15) is 4.79 Å².